The average molecular weight is 465 g/mol. The SMILES string of the molecule is CCCCCCCCCCC=CCC=CCC(O)CCCCCCCCCCCCC(=O)O. The van der Waals surface area contributed by atoms with Crippen LogP contribution in [-0.2, 0) is 4.79 Å². The molecule has 0 rings (SSSR count). The Balaban J connectivity index is 3.31. The third-order valence-corrected chi connectivity index (χ3v) is 6.42. The number of carboxylic acids is 1. The summed E-state index contributed by atoms with van der Waals surface area (Å²) in [6.07, 6.45) is 35.7. The first-order valence-electron chi connectivity index (χ1n) is 14.4. The van der Waals surface area contributed by atoms with Gasteiger partial charge in [-0.25, -0.2) is 0 Å². The number of unbranched alkanes of at least 4 members (excludes halogenated alkanes) is 17. The number of allylic oxidation sites excluding steroid dienone is 3. The van der Waals surface area contributed by atoms with Gasteiger partial charge in [-0.2, -0.15) is 0 Å². The first-order valence-corrected chi connectivity index (χ1v) is 14.4. The molecule has 0 fully saturated rings. The fourth-order valence-corrected chi connectivity index (χ4v) is 4.23. The Bertz CT molecular complexity index is 455. The molecule has 194 valence electrons. The van der Waals surface area contributed by atoms with Crippen molar-refractivity contribution in [2.24, 2.45) is 0 Å². The number of aliphatic hydroxyl groups is 1. The van der Waals surface area contributed by atoms with Crippen molar-refractivity contribution in [2.75, 3.05) is 0 Å². The van der Waals surface area contributed by atoms with E-state index < -0.39 is 5.97 Å². The van der Waals surface area contributed by atoms with E-state index in [1.165, 1.54) is 103 Å². The Morgan fingerprint density at radius 3 is 1.70 bits per heavy atom. The van der Waals surface area contributed by atoms with Crippen molar-refractivity contribution in [3.05, 3.63) is 24.3 Å². The van der Waals surface area contributed by atoms with Crippen LogP contribution in [0.5, 0.6) is 0 Å². The molecule has 0 aliphatic rings. The Morgan fingerprint density at radius 2 is 1.12 bits per heavy atom. The van der Waals surface area contributed by atoms with Crippen LogP contribution in [0.25, 0.3) is 0 Å². The molecule has 0 aromatic rings. The summed E-state index contributed by atoms with van der Waals surface area (Å²) < 4.78 is 0. The average Bonchev–Trinajstić information content (AvgIpc) is 2.79. The van der Waals surface area contributed by atoms with E-state index in [4.69, 9.17) is 5.11 Å². The van der Waals surface area contributed by atoms with E-state index in [9.17, 15) is 9.90 Å². The molecule has 0 saturated carbocycles. The van der Waals surface area contributed by atoms with E-state index in [1.807, 2.05) is 0 Å². The van der Waals surface area contributed by atoms with Gasteiger partial charge in [-0.15, -0.1) is 0 Å². The van der Waals surface area contributed by atoms with Crippen LogP contribution in [0.15, 0.2) is 24.3 Å². The van der Waals surface area contributed by atoms with Gasteiger partial charge in [-0.3, -0.25) is 4.79 Å². The Hall–Kier alpha value is -1.09. The summed E-state index contributed by atoms with van der Waals surface area (Å²) in [5, 5.41) is 18.7. The molecule has 0 aliphatic heterocycles. The van der Waals surface area contributed by atoms with Crippen molar-refractivity contribution in [3.63, 3.8) is 0 Å². The first-order chi connectivity index (χ1) is 16.2. The van der Waals surface area contributed by atoms with E-state index in [-0.39, 0.29) is 6.10 Å². The highest BCUT2D eigenvalue weighted by atomic mass is 16.4. The highest BCUT2D eigenvalue weighted by Gasteiger charge is 2.01. The summed E-state index contributed by atoms with van der Waals surface area (Å²) in [4.78, 5) is 10.4. The fourth-order valence-electron chi connectivity index (χ4n) is 4.23. The molecular weight excluding hydrogens is 408 g/mol. The van der Waals surface area contributed by atoms with Crippen LogP contribution >= 0.6 is 0 Å². The highest BCUT2D eigenvalue weighted by Crippen LogP contribution is 2.14. The molecule has 1 unspecified atom stereocenters. The van der Waals surface area contributed by atoms with Crippen molar-refractivity contribution >= 4 is 5.97 Å². The normalized spacial score (nSPS) is 12.8. The zero-order valence-electron chi connectivity index (χ0n) is 22.0. The Morgan fingerprint density at radius 1 is 0.636 bits per heavy atom. The van der Waals surface area contributed by atoms with Crippen LogP contribution in [-0.4, -0.2) is 22.3 Å². The van der Waals surface area contributed by atoms with Gasteiger partial charge in [0.05, 0.1) is 6.10 Å². The molecule has 0 heterocycles. The van der Waals surface area contributed by atoms with Crippen LogP contribution < -0.4 is 0 Å². The minimum Gasteiger partial charge on any atom is -0.481 e. The molecule has 0 aromatic carbocycles. The minimum absolute atomic E-state index is 0.187. The number of carbonyl (C=O) groups is 1. The van der Waals surface area contributed by atoms with E-state index in [0.717, 1.165) is 38.5 Å². The minimum atomic E-state index is -0.673. The van der Waals surface area contributed by atoms with Crippen molar-refractivity contribution < 1.29 is 15.0 Å². The molecule has 0 bridgehead atoms. The molecular formula is C30H56O3. The summed E-state index contributed by atoms with van der Waals surface area (Å²) in [7, 11) is 0. The summed E-state index contributed by atoms with van der Waals surface area (Å²) >= 11 is 0. The van der Waals surface area contributed by atoms with E-state index in [1.54, 1.807) is 0 Å². The van der Waals surface area contributed by atoms with Gasteiger partial charge >= 0.3 is 5.97 Å². The van der Waals surface area contributed by atoms with Crippen LogP contribution in [0.4, 0.5) is 0 Å². The summed E-state index contributed by atoms with van der Waals surface area (Å²) in [6.45, 7) is 2.27. The van der Waals surface area contributed by atoms with Crippen LogP contribution in [0.3, 0.4) is 0 Å². The lowest BCUT2D eigenvalue weighted by molar-refractivity contribution is -0.137. The predicted molar refractivity (Wildman–Crippen MR) is 144 cm³/mol. The van der Waals surface area contributed by atoms with E-state index in [0.29, 0.717) is 6.42 Å². The van der Waals surface area contributed by atoms with Gasteiger partial charge in [0.2, 0.25) is 0 Å². The van der Waals surface area contributed by atoms with Crippen LogP contribution in [0, 0.1) is 0 Å². The topological polar surface area (TPSA) is 57.5 Å². The highest BCUT2D eigenvalue weighted by molar-refractivity contribution is 5.66. The third-order valence-electron chi connectivity index (χ3n) is 6.42. The summed E-state index contributed by atoms with van der Waals surface area (Å²) in [5.74, 6) is -0.673. The van der Waals surface area contributed by atoms with E-state index in [2.05, 4.69) is 31.2 Å². The zero-order valence-corrected chi connectivity index (χ0v) is 22.0. The zero-order chi connectivity index (χ0) is 24.2. The van der Waals surface area contributed by atoms with Gasteiger partial charge in [0, 0.05) is 6.42 Å². The summed E-state index contributed by atoms with van der Waals surface area (Å²) in [5.41, 5.74) is 0. The molecule has 33 heavy (non-hydrogen) atoms. The van der Waals surface area contributed by atoms with Crippen molar-refractivity contribution in [2.45, 2.75) is 161 Å². The second kappa shape index (κ2) is 27.2. The maximum Gasteiger partial charge on any atom is 0.303 e. The van der Waals surface area contributed by atoms with Crippen LogP contribution in [0.2, 0.25) is 0 Å². The maximum absolute atomic E-state index is 10.4. The number of aliphatic carboxylic acids is 1. The lowest BCUT2D eigenvalue weighted by atomic mass is 10.0. The number of rotatable bonds is 26. The smallest absolute Gasteiger partial charge is 0.303 e. The van der Waals surface area contributed by atoms with Crippen molar-refractivity contribution in [1.29, 1.82) is 0 Å². The number of carboxylic acid groups (broad SMARTS) is 1. The number of aliphatic hydroxyl groups excluding tert-OH is 1. The van der Waals surface area contributed by atoms with Gasteiger partial charge in [0.1, 0.15) is 0 Å². The molecule has 0 spiro atoms. The van der Waals surface area contributed by atoms with Crippen LogP contribution in [0.1, 0.15) is 155 Å². The molecule has 0 aromatic heterocycles. The third kappa shape index (κ3) is 28.9. The Labute approximate surface area is 206 Å². The quantitative estimate of drug-likeness (QED) is 0.0989. The molecule has 0 radical (unpaired) electrons. The van der Waals surface area contributed by atoms with Crippen molar-refractivity contribution in [3.8, 4) is 0 Å². The molecule has 1 atom stereocenters. The maximum atomic E-state index is 10.4. The summed E-state index contributed by atoms with van der Waals surface area (Å²) in [6, 6.07) is 0. The van der Waals surface area contributed by atoms with E-state index >= 15 is 0 Å². The van der Waals surface area contributed by atoms with Gasteiger partial charge in [0.25, 0.3) is 0 Å². The monoisotopic (exact) mass is 464 g/mol. The molecule has 2 N–H and O–H groups in total. The second-order valence-electron chi connectivity index (χ2n) is 9.80. The lowest BCUT2D eigenvalue weighted by Gasteiger charge is -2.07. The standard InChI is InChI=1S/C30H56O3/c1-2-3-4-5-6-7-8-9-10-11-14-17-20-23-26-29(31)27-24-21-18-15-12-13-16-19-22-25-28-30(32)33/h11,14,20,23,29,31H,2-10,12-13,15-19,21-22,24-28H2,1H3,(H,32,33). The largest absolute Gasteiger partial charge is 0.481 e. The molecule has 0 aliphatic carbocycles. The molecule has 3 heteroatoms. The second-order valence-corrected chi connectivity index (χ2v) is 9.80. The lowest BCUT2D eigenvalue weighted by Crippen LogP contribution is -2.04. The predicted octanol–water partition coefficient (Wildman–Crippen LogP) is 9.54. The van der Waals surface area contributed by atoms with Crippen molar-refractivity contribution in [1.82, 2.24) is 0 Å². The Kier molecular flexibility index (Phi) is 26.3. The molecule has 0 saturated heterocycles. The molecule has 0 amide bonds. The van der Waals surface area contributed by atoms with Gasteiger partial charge < -0.3 is 10.2 Å². The van der Waals surface area contributed by atoms with Gasteiger partial charge in [0.15, 0.2) is 0 Å². The number of hydrogen-bond donors (Lipinski definition) is 2. The van der Waals surface area contributed by atoms with Gasteiger partial charge in [-0.1, -0.05) is 134 Å². The number of hydrogen-bond acceptors (Lipinski definition) is 2. The fraction of sp³-hybridized carbons (Fsp3) is 0.833. The molecule has 3 nitrogen and oxygen atoms in total. The van der Waals surface area contributed by atoms with Gasteiger partial charge in [-0.05, 0) is 38.5 Å². The first kappa shape index (κ1) is 31.9.